The molecule has 1 saturated heterocycles. The third-order valence-electron chi connectivity index (χ3n) is 2.49. The van der Waals surface area contributed by atoms with Crippen LogP contribution >= 0.6 is 0 Å². The summed E-state index contributed by atoms with van der Waals surface area (Å²) in [6.07, 6.45) is 2.39. The van der Waals surface area contributed by atoms with Crippen LogP contribution in [0.5, 0.6) is 0 Å². The summed E-state index contributed by atoms with van der Waals surface area (Å²) in [7, 11) is 0. The van der Waals surface area contributed by atoms with Crippen LogP contribution in [0.25, 0.3) is 10.4 Å². The van der Waals surface area contributed by atoms with Gasteiger partial charge in [0, 0.05) is 4.91 Å². The van der Waals surface area contributed by atoms with Crippen molar-refractivity contribution in [3.63, 3.8) is 0 Å². The Bertz CT molecular complexity index is 242. The fraction of sp³-hybridized carbons (Fsp3) is 0.875. The van der Waals surface area contributed by atoms with E-state index in [9.17, 15) is 4.79 Å². The topological polar surface area (TPSA) is 98.1 Å². The molecule has 1 aliphatic rings. The number of hydrogen-bond donors (Lipinski definition) is 2. The SMILES string of the molecule is [N-]=[N+]=N[C@@H](CC1CCNCC1)C(=O)O. The van der Waals surface area contributed by atoms with E-state index >= 15 is 0 Å². The highest BCUT2D eigenvalue weighted by molar-refractivity contribution is 5.73. The monoisotopic (exact) mass is 198 g/mol. The zero-order chi connectivity index (χ0) is 10.4. The van der Waals surface area contributed by atoms with Crippen LogP contribution in [-0.4, -0.2) is 30.2 Å². The van der Waals surface area contributed by atoms with Gasteiger partial charge in [0.1, 0.15) is 6.04 Å². The number of piperidine rings is 1. The molecule has 1 fully saturated rings. The molecule has 0 amide bonds. The third-order valence-corrected chi connectivity index (χ3v) is 2.49. The Hall–Kier alpha value is -1.26. The number of azide groups is 1. The van der Waals surface area contributed by atoms with Gasteiger partial charge in [-0.05, 0) is 43.8 Å². The molecule has 6 heteroatoms. The summed E-state index contributed by atoms with van der Waals surface area (Å²) in [5.41, 5.74) is 8.20. The lowest BCUT2D eigenvalue weighted by atomic mass is 9.91. The largest absolute Gasteiger partial charge is 0.481 e. The molecule has 2 N–H and O–H groups in total. The fourth-order valence-corrected chi connectivity index (χ4v) is 1.69. The average molecular weight is 198 g/mol. The number of rotatable bonds is 4. The van der Waals surface area contributed by atoms with Crippen LogP contribution in [0.4, 0.5) is 0 Å². The minimum atomic E-state index is -1.03. The lowest BCUT2D eigenvalue weighted by molar-refractivity contribution is -0.138. The standard InChI is InChI=1S/C8H14N4O2/c9-12-11-7(8(13)14)5-6-1-3-10-4-2-6/h6-7,10H,1-5H2,(H,13,14)/t7-/m0/s1. The van der Waals surface area contributed by atoms with Gasteiger partial charge in [0.25, 0.3) is 0 Å². The Balaban J connectivity index is 2.45. The van der Waals surface area contributed by atoms with Crippen molar-refractivity contribution in [2.24, 2.45) is 11.0 Å². The van der Waals surface area contributed by atoms with Gasteiger partial charge in [-0.15, -0.1) is 0 Å². The van der Waals surface area contributed by atoms with Gasteiger partial charge in [0.05, 0.1) is 0 Å². The summed E-state index contributed by atoms with van der Waals surface area (Å²) in [6, 6.07) is -0.900. The lowest BCUT2D eigenvalue weighted by Crippen LogP contribution is -2.31. The van der Waals surface area contributed by atoms with E-state index < -0.39 is 12.0 Å². The van der Waals surface area contributed by atoms with Gasteiger partial charge in [0.2, 0.25) is 0 Å². The van der Waals surface area contributed by atoms with Gasteiger partial charge in [-0.3, -0.25) is 4.79 Å². The van der Waals surface area contributed by atoms with E-state index in [-0.39, 0.29) is 0 Å². The summed E-state index contributed by atoms with van der Waals surface area (Å²) < 4.78 is 0. The number of carbonyl (C=O) groups is 1. The number of nitrogens with zero attached hydrogens (tertiary/aromatic N) is 3. The second kappa shape index (κ2) is 5.47. The maximum absolute atomic E-state index is 10.7. The second-order valence-corrected chi connectivity index (χ2v) is 3.49. The van der Waals surface area contributed by atoms with Crippen LogP contribution in [0.15, 0.2) is 5.11 Å². The van der Waals surface area contributed by atoms with Crippen molar-refractivity contribution in [2.45, 2.75) is 25.3 Å². The Morgan fingerprint density at radius 3 is 2.79 bits per heavy atom. The van der Waals surface area contributed by atoms with Crippen LogP contribution in [0.3, 0.4) is 0 Å². The predicted octanol–water partition coefficient (Wildman–Crippen LogP) is 1.14. The van der Waals surface area contributed by atoms with Gasteiger partial charge in [0.15, 0.2) is 0 Å². The first-order valence-corrected chi connectivity index (χ1v) is 4.71. The molecule has 0 bridgehead atoms. The van der Waals surface area contributed by atoms with Gasteiger partial charge >= 0.3 is 5.97 Å². The molecule has 0 aromatic rings. The summed E-state index contributed by atoms with van der Waals surface area (Å²) in [5, 5.41) is 15.2. The van der Waals surface area contributed by atoms with E-state index in [4.69, 9.17) is 10.6 Å². The highest BCUT2D eigenvalue weighted by Crippen LogP contribution is 2.19. The smallest absolute Gasteiger partial charge is 0.312 e. The van der Waals surface area contributed by atoms with E-state index in [0.29, 0.717) is 12.3 Å². The molecule has 0 radical (unpaired) electrons. The Morgan fingerprint density at radius 1 is 1.64 bits per heavy atom. The first-order chi connectivity index (χ1) is 6.74. The summed E-state index contributed by atoms with van der Waals surface area (Å²) in [5.74, 6) is -0.663. The molecule has 1 atom stereocenters. The van der Waals surface area contributed by atoms with Crippen LogP contribution in [0, 0.1) is 5.92 Å². The van der Waals surface area contributed by atoms with E-state index in [1.807, 2.05) is 0 Å². The van der Waals surface area contributed by atoms with Gasteiger partial charge in [-0.1, -0.05) is 5.11 Å². The highest BCUT2D eigenvalue weighted by Gasteiger charge is 2.22. The Kier molecular flexibility index (Phi) is 4.22. The van der Waals surface area contributed by atoms with E-state index in [1.54, 1.807) is 0 Å². The first-order valence-electron chi connectivity index (χ1n) is 4.71. The number of carboxylic acids is 1. The highest BCUT2D eigenvalue weighted by atomic mass is 16.4. The lowest BCUT2D eigenvalue weighted by Gasteiger charge is -2.23. The molecule has 6 nitrogen and oxygen atoms in total. The number of nitrogens with one attached hydrogen (secondary N) is 1. The van der Waals surface area contributed by atoms with Crippen LogP contribution in [0.2, 0.25) is 0 Å². The maximum Gasteiger partial charge on any atom is 0.312 e. The third kappa shape index (κ3) is 3.24. The average Bonchev–Trinajstić information content (AvgIpc) is 2.18. The summed E-state index contributed by atoms with van der Waals surface area (Å²) >= 11 is 0. The Morgan fingerprint density at radius 2 is 2.29 bits per heavy atom. The van der Waals surface area contributed by atoms with Crippen LogP contribution in [-0.2, 0) is 4.79 Å². The first kappa shape index (κ1) is 10.8. The number of carboxylic acid groups (broad SMARTS) is 1. The van der Waals surface area contributed by atoms with Crippen molar-refractivity contribution >= 4 is 5.97 Å². The molecule has 78 valence electrons. The molecule has 1 heterocycles. The van der Waals surface area contributed by atoms with Gasteiger partial charge < -0.3 is 10.4 Å². The number of aliphatic carboxylic acids is 1. The minimum Gasteiger partial charge on any atom is -0.481 e. The molecule has 0 aromatic carbocycles. The van der Waals surface area contributed by atoms with Crippen molar-refractivity contribution in [3.8, 4) is 0 Å². The molecule has 0 saturated carbocycles. The zero-order valence-corrected chi connectivity index (χ0v) is 7.89. The normalized spacial score (nSPS) is 19.7. The fourth-order valence-electron chi connectivity index (χ4n) is 1.69. The van der Waals surface area contributed by atoms with Crippen molar-refractivity contribution in [2.75, 3.05) is 13.1 Å². The van der Waals surface area contributed by atoms with E-state index in [1.165, 1.54) is 0 Å². The van der Waals surface area contributed by atoms with Gasteiger partial charge in [-0.25, -0.2) is 0 Å². The molecule has 14 heavy (non-hydrogen) atoms. The second-order valence-electron chi connectivity index (χ2n) is 3.49. The number of hydrogen-bond acceptors (Lipinski definition) is 3. The van der Waals surface area contributed by atoms with E-state index in [2.05, 4.69) is 15.3 Å². The minimum absolute atomic E-state index is 0.364. The zero-order valence-electron chi connectivity index (χ0n) is 7.89. The van der Waals surface area contributed by atoms with E-state index in [0.717, 1.165) is 25.9 Å². The van der Waals surface area contributed by atoms with Crippen molar-refractivity contribution < 1.29 is 9.90 Å². The molecule has 1 rings (SSSR count). The van der Waals surface area contributed by atoms with Crippen molar-refractivity contribution in [3.05, 3.63) is 10.4 Å². The van der Waals surface area contributed by atoms with Crippen LogP contribution in [0.1, 0.15) is 19.3 Å². The maximum atomic E-state index is 10.7. The summed E-state index contributed by atoms with van der Waals surface area (Å²) in [4.78, 5) is 13.2. The van der Waals surface area contributed by atoms with Crippen molar-refractivity contribution in [1.29, 1.82) is 0 Å². The molecule has 0 aromatic heterocycles. The van der Waals surface area contributed by atoms with Crippen molar-refractivity contribution in [1.82, 2.24) is 5.32 Å². The molecule has 0 spiro atoms. The molecule has 0 unspecified atom stereocenters. The van der Waals surface area contributed by atoms with Gasteiger partial charge in [-0.2, -0.15) is 0 Å². The molecular weight excluding hydrogens is 184 g/mol. The van der Waals surface area contributed by atoms with Crippen LogP contribution < -0.4 is 5.32 Å². The predicted molar refractivity (Wildman–Crippen MR) is 50.8 cm³/mol. The quantitative estimate of drug-likeness (QED) is 0.402. The summed E-state index contributed by atoms with van der Waals surface area (Å²) in [6.45, 7) is 1.85. The molecule has 1 aliphatic heterocycles. The Labute approximate surface area is 81.9 Å². The molecule has 0 aliphatic carbocycles. The molecular formula is C8H14N4O2.